The van der Waals surface area contributed by atoms with E-state index in [1.54, 1.807) is 7.05 Å². The van der Waals surface area contributed by atoms with Crippen molar-refractivity contribution in [1.82, 2.24) is 19.5 Å². The molecular weight excluding hydrogens is 345 g/mol. The lowest BCUT2D eigenvalue weighted by molar-refractivity contribution is -0.0504. The summed E-state index contributed by atoms with van der Waals surface area (Å²) in [5.41, 5.74) is 0.808. The average Bonchev–Trinajstić information content (AvgIpc) is 3.07. The molecule has 1 aliphatic heterocycles. The minimum Gasteiger partial charge on any atom is -0.387 e. The molecule has 24 heavy (non-hydrogen) atoms. The van der Waals surface area contributed by atoms with E-state index in [0.29, 0.717) is 17.0 Å². The number of rotatable bonds is 5. The Morgan fingerprint density at radius 3 is 2.75 bits per heavy atom. The van der Waals surface area contributed by atoms with Gasteiger partial charge < -0.3 is 30.1 Å². The first-order valence-corrected chi connectivity index (χ1v) is 8.42. The van der Waals surface area contributed by atoms with Crippen LogP contribution in [-0.4, -0.2) is 71.5 Å². The van der Waals surface area contributed by atoms with Crippen molar-refractivity contribution < 1.29 is 33.8 Å². The molecule has 12 nitrogen and oxygen atoms in total. The molecule has 3 rings (SSSR count). The standard InChI is InChI=1S/C11H16N5O7P/c1-12-9-6-10(14-3-13-9)16(4-15-6)11-8(18)7(17)5(23-11)2-22-24(19,20)21/h3-5,7-8,11,17-18H,2H2,1H3,(H,12,13,14)(H2,19,20,21)/t5-,7?,8?,11-/m1/s1. The Morgan fingerprint density at radius 2 is 2.08 bits per heavy atom. The molecule has 3 heterocycles. The number of imidazole rings is 1. The Morgan fingerprint density at radius 1 is 1.33 bits per heavy atom. The summed E-state index contributed by atoms with van der Waals surface area (Å²) in [5.74, 6) is 0.480. The molecule has 4 atom stereocenters. The average molecular weight is 361 g/mol. The lowest BCUT2D eigenvalue weighted by Gasteiger charge is -2.16. The van der Waals surface area contributed by atoms with Crippen LogP contribution >= 0.6 is 7.82 Å². The number of phosphoric ester groups is 1. The van der Waals surface area contributed by atoms with Crippen molar-refractivity contribution in [3.8, 4) is 0 Å². The van der Waals surface area contributed by atoms with Crippen molar-refractivity contribution >= 4 is 24.8 Å². The van der Waals surface area contributed by atoms with E-state index < -0.39 is 39.0 Å². The number of nitrogens with one attached hydrogen (secondary N) is 1. The van der Waals surface area contributed by atoms with Crippen molar-refractivity contribution in [2.45, 2.75) is 24.5 Å². The zero-order valence-corrected chi connectivity index (χ0v) is 13.3. The first kappa shape index (κ1) is 17.2. The fourth-order valence-corrected chi connectivity index (χ4v) is 2.83. The summed E-state index contributed by atoms with van der Waals surface area (Å²) in [6.07, 6.45) is -2.26. The third-order valence-corrected chi connectivity index (χ3v) is 4.10. The molecule has 2 aromatic heterocycles. The summed E-state index contributed by atoms with van der Waals surface area (Å²) in [4.78, 5) is 29.7. The zero-order chi connectivity index (χ0) is 17.5. The smallest absolute Gasteiger partial charge is 0.387 e. The third-order valence-electron chi connectivity index (χ3n) is 3.61. The van der Waals surface area contributed by atoms with Crippen LogP contribution in [0.5, 0.6) is 0 Å². The molecule has 1 aliphatic rings. The quantitative estimate of drug-likeness (QED) is 0.396. The van der Waals surface area contributed by atoms with E-state index in [2.05, 4.69) is 24.8 Å². The number of aliphatic hydroxyl groups excluding tert-OH is 2. The second-order valence-electron chi connectivity index (χ2n) is 5.13. The number of hydrogen-bond acceptors (Lipinski definition) is 9. The van der Waals surface area contributed by atoms with Crippen molar-refractivity contribution in [1.29, 1.82) is 0 Å². The fraction of sp³-hybridized carbons (Fsp3) is 0.545. The molecule has 5 N–H and O–H groups in total. The predicted octanol–water partition coefficient (Wildman–Crippen LogP) is -1.40. The maximum absolute atomic E-state index is 10.8. The van der Waals surface area contributed by atoms with Gasteiger partial charge in [-0.2, -0.15) is 0 Å². The highest BCUT2D eigenvalue weighted by Gasteiger charge is 2.45. The molecule has 0 saturated carbocycles. The summed E-state index contributed by atoms with van der Waals surface area (Å²) < 4.78 is 22.0. The van der Waals surface area contributed by atoms with Gasteiger partial charge in [-0.1, -0.05) is 0 Å². The highest BCUT2D eigenvalue weighted by atomic mass is 31.2. The molecule has 0 spiro atoms. The molecule has 0 radical (unpaired) electrons. The number of anilines is 1. The first-order valence-electron chi connectivity index (χ1n) is 6.89. The van der Waals surface area contributed by atoms with Gasteiger partial charge in [0.1, 0.15) is 30.2 Å². The number of nitrogens with zero attached hydrogens (tertiary/aromatic N) is 4. The van der Waals surface area contributed by atoms with Crippen LogP contribution in [0.25, 0.3) is 11.2 Å². The van der Waals surface area contributed by atoms with E-state index in [1.807, 2.05) is 0 Å². The molecule has 0 aromatic carbocycles. The van der Waals surface area contributed by atoms with E-state index in [1.165, 1.54) is 17.2 Å². The van der Waals surface area contributed by atoms with E-state index in [0.717, 1.165) is 0 Å². The number of fused-ring (bicyclic) bond motifs is 1. The van der Waals surface area contributed by atoms with Gasteiger partial charge in [-0.05, 0) is 0 Å². The molecule has 1 fully saturated rings. The van der Waals surface area contributed by atoms with Crippen LogP contribution in [0.1, 0.15) is 6.23 Å². The van der Waals surface area contributed by atoms with Crippen molar-refractivity contribution in [2.24, 2.45) is 0 Å². The highest BCUT2D eigenvalue weighted by Crippen LogP contribution is 2.38. The number of hydrogen-bond donors (Lipinski definition) is 5. The van der Waals surface area contributed by atoms with E-state index in [4.69, 9.17) is 14.5 Å². The maximum atomic E-state index is 10.8. The van der Waals surface area contributed by atoms with Crippen LogP contribution < -0.4 is 5.32 Å². The van der Waals surface area contributed by atoms with Gasteiger partial charge in [0, 0.05) is 7.05 Å². The van der Waals surface area contributed by atoms with Gasteiger partial charge in [0.05, 0.1) is 12.9 Å². The Labute approximate surface area is 135 Å². The van der Waals surface area contributed by atoms with Crippen LogP contribution in [0.4, 0.5) is 5.82 Å². The van der Waals surface area contributed by atoms with E-state index >= 15 is 0 Å². The molecule has 2 unspecified atom stereocenters. The minimum absolute atomic E-state index is 0.363. The summed E-state index contributed by atoms with van der Waals surface area (Å²) in [6, 6.07) is 0. The summed E-state index contributed by atoms with van der Waals surface area (Å²) >= 11 is 0. The van der Waals surface area contributed by atoms with E-state index in [9.17, 15) is 14.8 Å². The summed E-state index contributed by atoms with van der Waals surface area (Å²) in [6.45, 7) is -0.581. The molecular formula is C11H16N5O7P. The molecule has 0 bridgehead atoms. The topological polar surface area (TPSA) is 172 Å². The van der Waals surface area contributed by atoms with Crippen LogP contribution in [0.2, 0.25) is 0 Å². The molecule has 13 heteroatoms. The first-order chi connectivity index (χ1) is 11.3. The normalized spacial score (nSPS) is 27.7. The Balaban J connectivity index is 1.86. The Bertz CT molecular complexity index is 779. The highest BCUT2D eigenvalue weighted by molar-refractivity contribution is 7.46. The van der Waals surface area contributed by atoms with Crippen molar-refractivity contribution in [3.05, 3.63) is 12.7 Å². The van der Waals surface area contributed by atoms with Gasteiger partial charge in [0.25, 0.3) is 0 Å². The SMILES string of the molecule is CNc1ncnc2c1ncn2[C@@H]1O[C@H](COP(=O)(O)O)C(O)C1O. The summed E-state index contributed by atoms with van der Waals surface area (Å²) in [7, 11) is -3.05. The van der Waals surface area contributed by atoms with Crippen LogP contribution in [0.3, 0.4) is 0 Å². The van der Waals surface area contributed by atoms with Crippen LogP contribution in [-0.2, 0) is 13.8 Å². The zero-order valence-electron chi connectivity index (χ0n) is 12.4. The van der Waals surface area contributed by atoms with Gasteiger partial charge in [-0.15, -0.1) is 0 Å². The van der Waals surface area contributed by atoms with Crippen LogP contribution in [0.15, 0.2) is 12.7 Å². The fourth-order valence-electron chi connectivity index (χ4n) is 2.49. The maximum Gasteiger partial charge on any atom is 0.469 e. The van der Waals surface area contributed by atoms with Crippen molar-refractivity contribution in [2.75, 3.05) is 19.0 Å². The van der Waals surface area contributed by atoms with Gasteiger partial charge in [-0.3, -0.25) is 9.09 Å². The number of phosphoric acid groups is 1. The predicted molar refractivity (Wildman–Crippen MR) is 78.8 cm³/mol. The minimum atomic E-state index is -4.71. The van der Waals surface area contributed by atoms with Gasteiger partial charge in [-0.25, -0.2) is 19.5 Å². The molecule has 0 amide bonds. The lowest BCUT2D eigenvalue weighted by Crippen LogP contribution is -2.33. The van der Waals surface area contributed by atoms with Gasteiger partial charge >= 0.3 is 7.82 Å². The molecule has 2 aromatic rings. The Hall–Kier alpha value is -1.66. The second-order valence-corrected chi connectivity index (χ2v) is 6.37. The number of aromatic nitrogens is 4. The number of aliphatic hydroxyl groups is 2. The number of ether oxygens (including phenoxy) is 1. The summed E-state index contributed by atoms with van der Waals surface area (Å²) in [5, 5.41) is 23.0. The van der Waals surface area contributed by atoms with Gasteiger partial charge in [0.2, 0.25) is 0 Å². The lowest BCUT2D eigenvalue weighted by atomic mass is 10.1. The molecule has 132 valence electrons. The van der Waals surface area contributed by atoms with Crippen LogP contribution in [0, 0.1) is 0 Å². The molecule has 1 saturated heterocycles. The molecule has 0 aliphatic carbocycles. The third kappa shape index (κ3) is 3.13. The van der Waals surface area contributed by atoms with E-state index in [-0.39, 0.29) is 0 Å². The monoisotopic (exact) mass is 361 g/mol. The van der Waals surface area contributed by atoms with Gasteiger partial charge in [0.15, 0.2) is 17.7 Å². The Kier molecular flexibility index (Phi) is 4.53. The largest absolute Gasteiger partial charge is 0.469 e. The van der Waals surface area contributed by atoms with Crippen molar-refractivity contribution in [3.63, 3.8) is 0 Å². The second kappa shape index (κ2) is 6.33.